The molecule has 2 aromatic carbocycles. The first-order chi connectivity index (χ1) is 16.6. The minimum absolute atomic E-state index is 0.0541. The summed E-state index contributed by atoms with van der Waals surface area (Å²) in [4.78, 5) is 32.7. The van der Waals surface area contributed by atoms with Crippen LogP contribution in [0.3, 0.4) is 0 Å². The van der Waals surface area contributed by atoms with Crippen LogP contribution in [0, 0.1) is 13.8 Å². The van der Waals surface area contributed by atoms with Gasteiger partial charge in [-0.1, -0.05) is 42.0 Å². The van der Waals surface area contributed by atoms with Gasteiger partial charge >= 0.3 is 5.97 Å². The van der Waals surface area contributed by atoms with E-state index in [4.69, 9.17) is 9.72 Å². The van der Waals surface area contributed by atoms with Gasteiger partial charge in [-0.3, -0.25) is 4.79 Å². The number of fused-ring (bicyclic) bond motifs is 1. The number of rotatable bonds is 6. The summed E-state index contributed by atoms with van der Waals surface area (Å²) in [7, 11) is -3.15. The van der Waals surface area contributed by atoms with E-state index in [-0.39, 0.29) is 11.5 Å². The molecule has 3 aromatic rings. The van der Waals surface area contributed by atoms with Gasteiger partial charge in [0, 0.05) is 23.5 Å². The first kappa shape index (κ1) is 24.9. The Balaban J connectivity index is 1.63. The van der Waals surface area contributed by atoms with E-state index in [1.54, 1.807) is 19.1 Å². The van der Waals surface area contributed by atoms with E-state index in [0.29, 0.717) is 35.1 Å². The second-order valence-corrected chi connectivity index (χ2v) is 11.3. The summed E-state index contributed by atoms with van der Waals surface area (Å²) in [5.74, 6) is -0.997. The highest BCUT2D eigenvalue weighted by Gasteiger charge is 2.36. The van der Waals surface area contributed by atoms with Crippen molar-refractivity contribution in [2.45, 2.75) is 46.3 Å². The molecule has 0 bridgehead atoms. The fourth-order valence-electron chi connectivity index (χ4n) is 4.71. The van der Waals surface area contributed by atoms with E-state index in [2.05, 4.69) is 6.07 Å². The molecule has 2 unspecified atom stereocenters. The molecule has 2 atom stereocenters. The van der Waals surface area contributed by atoms with E-state index in [0.717, 1.165) is 16.7 Å². The minimum Gasteiger partial charge on any atom is -0.449 e. The number of hydrogen-bond donors (Lipinski definition) is 0. The fourth-order valence-corrected chi connectivity index (χ4v) is 6.44. The Hall–Kier alpha value is -3.26. The highest BCUT2D eigenvalue weighted by atomic mass is 32.2. The third-order valence-corrected chi connectivity index (χ3v) is 8.25. The summed E-state index contributed by atoms with van der Waals surface area (Å²) in [6, 6.07) is 14.7. The molecular formula is C27H30N2O5S. The molecule has 1 saturated heterocycles. The zero-order valence-corrected chi connectivity index (χ0v) is 21.3. The zero-order chi connectivity index (χ0) is 25.3. The Bertz CT molecular complexity index is 1400. The van der Waals surface area contributed by atoms with Gasteiger partial charge in [0.05, 0.1) is 28.3 Å². The molecule has 1 aliphatic heterocycles. The Labute approximate surface area is 206 Å². The number of nitrogens with zero attached hydrogens (tertiary/aromatic N) is 2. The van der Waals surface area contributed by atoms with Crippen LogP contribution in [0.2, 0.25) is 0 Å². The Kier molecular flexibility index (Phi) is 6.94. The lowest BCUT2D eigenvalue weighted by molar-refractivity contribution is -0.141. The van der Waals surface area contributed by atoms with Crippen LogP contribution in [0.25, 0.3) is 22.2 Å². The summed E-state index contributed by atoms with van der Waals surface area (Å²) in [6.07, 6.45) is -0.654. The smallest absolute Gasteiger partial charge is 0.339 e. The maximum atomic E-state index is 13.3. The molecule has 7 nitrogen and oxygen atoms in total. The van der Waals surface area contributed by atoms with Crippen molar-refractivity contribution in [2.24, 2.45) is 0 Å². The van der Waals surface area contributed by atoms with Crippen LogP contribution < -0.4 is 0 Å². The number of para-hydroxylation sites is 1. The van der Waals surface area contributed by atoms with Crippen molar-refractivity contribution in [3.63, 3.8) is 0 Å². The third-order valence-electron chi connectivity index (χ3n) is 6.50. The second kappa shape index (κ2) is 9.77. The van der Waals surface area contributed by atoms with Crippen LogP contribution in [-0.4, -0.2) is 60.4 Å². The number of esters is 1. The summed E-state index contributed by atoms with van der Waals surface area (Å²) in [5, 5.41) is 0.639. The highest BCUT2D eigenvalue weighted by Crippen LogP contribution is 2.28. The van der Waals surface area contributed by atoms with Gasteiger partial charge in [-0.25, -0.2) is 18.2 Å². The molecule has 0 radical (unpaired) electrons. The molecule has 4 rings (SSSR count). The van der Waals surface area contributed by atoms with Gasteiger partial charge in [-0.2, -0.15) is 0 Å². The molecule has 35 heavy (non-hydrogen) atoms. The lowest BCUT2D eigenvalue weighted by Gasteiger charge is -2.29. The monoisotopic (exact) mass is 494 g/mol. The largest absolute Gasteiger partial charge is 0.449 e. The average molecular weight is 495 g/mol. The minimum atomic E-state index is -3.15. The van der Waals surface area contributed by atoms with E-state index in [1.807, 2.05) is 44.2 Å². The number of amides is 1. The summed E-state index contributed by atoms with van der Waals surface area (Å²) in [5.41, 5.74) is 4.73. The number of aryl methyl sites for hydroxylation is 2. The number of carbonyl (C=O) groups excluding carboxylic acids is 2. The van der Waals surface area contributed by atoms with E-state index in [9.17, 15) is 18.0 Å². The lowest BCUT2D eigenvalue weighted by Crippen LogP contribution is -2.46. The van der Waals surface area contributed by atoms with Crippen LogP contribution >= 0.6 is 0 Å². The summed E-state index contributed by atoms with van der Waals surface area (Å²) >= 11 is 0. The predicted molar refractivity (Wildman–Crippen MR) is 136 cm³/mol. The molecule has 1 amide bonds. The SMILES string of the molecule is CCN(C(=O)C(C)OC(=O)c1cc(-c2ccc(C)cc2C)nc2ccccc12)C1CCS(=O)(=O)C1. The molecule has 1 aromatic heterocycles. The summed E-state index contributed by atoms with van der Waals surface area (Å²) < 4.78 is 29.4. The van der Waals surface area contributed by atoms with Crippen molar-refractivity contribution in [3.8, 4) is 11.3 Å². The van der Waals surface area contributed by atoms with Crippen molar-refractivity contribution in [1.82, 2.24) is 9.88 Å². The Morgan fingerprint density at radius 2 is 1.89 bits per heavy atom. The number of hydrogen-bond acceptors (Lipinski definition) is 6. The standard InChI is InChI=1S/C27H30N2O5S/c1-5-29(20-12-13-35(32,33)16-20)26(30)19(4)34-27(31)23-15-25(21-11-10-17(2)14-18(21)3)28-24-9-7-6-8-22(23)24/h6-11,14-15,19-20H,5,12-13,16H2,1-4H3. The molecule has 0 N–H and O–H groups in total. The van der Waals surface area contributed by atoms with Gasteiger partial charge in [0.25, 0.3) is 5.91 Å². The van der Waals surface area contributed by atoms with Gasteiger partial charge < -0.3 is 9.64 Å². The maximum Gasteiger partial charge on any atom is 0.339 e. The number of ether oxygens (including phenoxy) is 1. The van der Waals surface area contributed by atoms with E-state index < -0.39 is 33.9 Å². The van der Waals surface area contributed by atoms with E-state index in [1.165, 1.54) is 11.8 Å². The molecule has 0 aliphatic carbocycles. The van der Waals surface area contributed by atoms with Gasteiger partial charge in [0.2, 0.25) is 0 Å². The summed E-state index contributed by atoms with van der Waals surface area (Å²) in [6.45, 7) is 7.69. The van der Waals surface area contributed by atoms with Crippen molar-refractivity contribution < 1.29 is 22.7 Å². The van der Waals surface area contributed by atoms with Gasteiger partial charge in [0.15, 0.2) is 15.9 Å². The van der Waals surface area contributed by atoms with Crippen molar-refractivity contribution in [1.29, 1.82) is 0 Å². The molecule has 1 fully saturated rings. The van der Waals surface area contributed by atoms with Gasteiger partial charge in [-0.05, 0) is 51.8 Å². The molecule has 1 aliphatic rings. The van der Waals surface area contributed by atoms with Crippen molar-refractivity contribution in [2.75, 3.05) is 18.1 Å². The van der Waals surface area contributed by atoms with Crippen LogP contribution in [0.4, 0.5) is 0 Å². The average Bonchev–Trinajstić information content (AvgIpc) is 3.17. The lowest BCUT2D eigenvalue weighted by atomic mass is 9.99. The predicted octanol–water partition coefficient (Wildman–Crippen LogP) is 4.10. The molecular weight excluding hydrogens is 464 g/mol. The molecule has 2 heterocycles. The first-order valence-electron chi connectivity index (χ1n) is 11.8. The maximum absolute atomic E-state index is 13.3. The third kappa shape index (κ3) is 5.22. The fraction of sp³-hybridized carbons (Fsp3) is 0.370. The molecule has 8 heteroatoms. The van der Waals surface area contributed by atoms with Gasteiger partial charge in [-0.15, -0.1) is 0 Å². The first-order valence-corrected chi connectivity index (χ1v) is 13.6. The van der Waals surface area contributed by atoms with Crippen LogP contribution in [-0.2, 0) is 19.4 Å². The number of carbonyl (C=O) groups is 2. The van der Waals surface area contributed by atoms with Crippen LogP contribution in [0.1, 0.15) is 41.8 Å². The number of pyridine rings is 1. The Morgan fingerprint density at radius 3 is 2.54 bits per heavy atom. The number of likely N-dealkylation sites (N-methyl/N-ethyl adjacent to an activating group) is 1. The van der Waals surface area contributed by atoms with Crippen molar-refractivity contribution >= 4 is 32.6 Å². The van der Waals surface area contributed by atoms with Crippen LogP contribution in [0.15, 0.2) is 48.5 Å². The molecule has 0 spiro atoms. The Morgan fingerprint density at radius 1 is 1.14 bits per heavy atom. The molecule has 0 saturated carbocycles. The number of benzene rings is 2. The zero-order valence-electron chi connectivity index (χ0n) is 20.4. The number of sulfone groups is 1. The van der Waals surface area contributed by atoms with E-state index >= 15 is 0 Å². The van der Waals surface area contributed by atoms with Gasteiger partial charge in [0.1, 0.15) is 0 Å². The van der Waals surface area contributed by atoms with Crippen molar-refractivity contribution in [3.05, 3.63) is 65.2 Å². The van der Waals surface area contributed by atoms with Crippen LogP contribution in [0.5, 0.6) is 0 Å². The second-order valence-electron chi connectivity index (χ2n) is 9.12. The quantitative estimate of drug-likeness (QED) is 0.479. The normalized spacial score (nSPS) is 17.8. The molecule has 184 valence electrons. The number of aromatic nitrogens is 1. The highest BCUT2D eigenvalue weighted by molar-refractivity contribution is 7.91. The topological polar surface area (TPSA) is 93.6 Å².